The zero-order chi connectivity index (χ0) is 12.0. The van der Waals surface area contributed by atoms with E-state index in [1.54, 1.807) is 0 Å². The summed E-state index contributed by atoms with van der Waals surface area (Å²) >= 11 is 0. The molecule has 1 aromatic heterocycles. The van der Waals surface area contributed by atoms with E-state index in [0.717, 1.165) is 31.0 Å². The SMILES string of the molecule is CNCCCN(C)c1ccc(C(C)C)nn1. The van der Waals surface area contributed by atoms with Crippen LogP contribution in [0.25, 0.3) is 0 Å². The van der Waals surface area contributed by atoms with Crippen molar-refractivity contribution in [3.63, 3.8) is 0 Å². The maximum absolute atomic E-state index is 4.23. The van der Waals surface area contributed by atoms with Crippen molar-refractivity contribution in [1.29, 1.82) is 0 Å². The van der Waals surface area contributed by atoms with Gasteiger partial charge in [0.2, 0.25) is 0 Å². The minimum Gasteiger partial charge on any atom is -0.358 e. The number of rotatable bonds is 6. The monoisotopic (exact) mass is 222 g/mol. The molecule has 0 saturated carbocycles. The van der Waals surface area contributed by atoms with Crippen molar-refractivity contribution < 1.29 is 0 Å². The van der Waals surface area contributed by atoms with E-state index in [2.05, 4.69) is 47.4 Å². The second-order valence-electron chi connectivity index (χ2n) is 4.35. The van der Waals surface area contributed by atoms with Crippen LogP contribution in [0.15, 0.2) is 12.1 Å². The van der Waals surface area contributed by atoms with Crippen LogP contribution < -0.4 is 10.2 Å². The largest absolute Gasteiger partial charge is 0.358 e. The highest BCUT2D eigenvalue weighted by atomic mass is 15.2. The second kappa shape index (κ2) is 6.43. The Morgan fingerprint density at radius 2 is 2.06 bits per heavy atom. The molecule has 0 saturated heterocycles. The molecule has 90 valence electrons. The molecule has 1 aromatic rings. The van der Waals surface area contributed by atoms with Crippen LogP contribution in [-0.2, 0) is 0 Å². The lowest BCUT2D eigenvalue weighted by Crippen LogP contribution is -2.23. The molecule has 0 fully saturated rings. The summed E-state index contributed by atoms with van der Waals surface area (Å²) in [5, 5.41) is 11.6. The lowest BCUT2D eigenvalue weighted by Gasteiger charge is -2.17. The summed E-state index contributed by atoms with van der Waals surface area (Å²) in [4.78, 5) is 2.13. The Labute approximate surface area is 98.1 Å². The fourth-order valence-electron chi connectivity index (χ4n) is 1.45. The van der Waals surface area contributed by atoms with E-state index < -0.39 is 0 Å². The molecular formula is C12H22N4. The Morgan fingerprint density at radius 1 is 1.31 bits per heavy atom. The predicted octanol–water partition coefficient (Wildman–Crippen LogP) is 1.65. The van der Waals surface area contributed by atoms with Crippen LogP contribution in [-0.4, -0.2) is 37.4 Å². The number of aromatic nitrogens is 2. The molecule has 0 aliphatic carbocycles. The van der Waals surface area contributed by atoms with Gasteiger partial charge in [0.05, 0.1) is 5.69 Å². The van der Waals surface area contributed by atoms with Gasteiger partial charge in [0.25, 0.3) is 0 Å². The highest BCUT2D eigenvalue weighted by molar-refractivity contribution is 5.36. The van der Waals surface area contributed by atoms with Crippen LogP contribution in [0.2, 0.25) is 0 Å². The van der Waals surface area contributed by atoms with Gasteiger partial charge < -0.3 is 10.2 Å². The number of nitrogens with one attached hydrogen (secondary N) is 1. The molecule has 0 atom stereocenters. The van der Waals surface area contributed by atoms with Crippen LogP contribution >= 0.6 is 0 Å². The zero-order valence-electron chi connectivity index (χ0n) is 10.7. The van der Waals surface area contributed by atoms with Crippen molar-refractivity contribution in [2.45, 2.75) is 26.2 Å². The van der Waals surface area contributed by atoms with Crippen LogP contribution in [0, 0.1) is 0 Å². The first kappa shape index (κ1) is 12.9. The van der Waals surface area contributed by atoms with Crippen molar-refractivity contribution in [2.24, 2.45) is 0 Å². The fourth-order valence-corrected chi connectivity index (χ4v) is 1.45. The van der Waals surface area contributed by atoms with E-state index in [1.165, 1.54) is 0 Å². The summed E-state index contributed by atoms with van der Waals surface area (Å²) in [6, 6.07) is 4.10. The topological polar surface area (TPSA) is 41.0 Å². The van der Waals surface area contributed by atoms with Crippen molar-refractivity contribution in [3.8, 4) is 0 Å². The van der Waals surface area contributed by atoms with E-state index >= 15 is 0 Å². The Hall–Kier alpha value is -1.16. The summed E-state index contributed by atoms with van der Waals surface area (Å²) in [7, 11) is 4.02. The maximum atomic E-state index is 4.23. The lowest BCUT2D eigenvalue weighted by molar-refractivity contribution is 0.702. The van der Waals surface area contributed by atoms with Gasteiger partial charge in [0.1, 0.15) is 0 Å². The Balaban J connectivity index is 2.52. The summed E-state index contributed by atoms with van der Waals surface area (Å²) in [6.45, 7) is 6.28. The van der Waals surface area contributed by atoms with Gasteiger partial charge in [-0.2, -0.15) is 5.10 Å². The smallest absolute Gasteiger partial charge is 0.150 e. The first-order valence-corrected chi connectivity index (χ1v) is 5.84. The standard InChI is InChI=1S/C12H22N4/c1-10(2)11-6-7-12(15-14-11)16(4)9-5-8-13-3/h6-7,10,13H,5,8-9H2,1-4H3. The van der Waals surface area contributed by atoms with Crippen LogP contribution in [0.4, 0.5) is 5.82 Å². The number of anilines is 1. The molecule has 0 aromatic carbocycles. The third-order valence-corrected chi connectivity index (χ3v) is 2.57. The van der Waals surface area contributed by atoms with Crippen molar-refractivity contribution >= 4 is 5.82 Å². The van der Waals surface area contributed by atoms with Crippen molar-refractivity contribution in [1.82, 2.24) is 15.5 Å². The molecular weight excluding hydrogens is 200 g/mol. The molecule has 0 unspecified atom stereocenters. The van der Waals surface area contributed by atoms with Gasteiger partial charge in [-0.25, -0.2) is 0 Å². The van der Waals surface area contributed by atoms with E-state index in [4.69, 9.17) is 0 Å². The molecule has 0 radical (unpaired) electrons. The van der Waals surface area contributed by atoms with Gasteiger partial charge >= 0.3 is 0 Å². The lowest BCUT2D eigenvalue weighted by atomic mass is 10.1. The summed E-state index contributed by atoms with van der Waals surface area (Å²) in [5.74, 6) is 1.39. The van der Waals surface area contributed by atoms with E-state index in [1.807, 2.05) is 13.1 Å². The van der Waals surface area contributed by atoms with Gasteiger partial charge in [-0.3, -0.25) is 0 Å². The maximum Gasteiger partial charge on any atom is 0.150 e. The highest BCUT2D eigenvalue weighted by Gasteiger charge is 2.05. The van der Waals surface area contributed by atoms with Crippen LogP contribution in [0.1, 0.15) is 31.9 Å². The molecule has 16 heavy (non-hydrogen) atoms. The van der Waals surface area contributed by atoms with Crippen molar-refractivity contribution in [3.05, 3.63) is 17.8 Å². The van der Waals surface area contributed by atoms with Gasteiger partial charge in [0, 0.05) is 13.6 Å². The van der Waals surface area contributed by atoms with E-state index in [0.29, 0.717) is 5.92 Å². The molecule has 0 aliphatic rings. The third-order valence-electron chi connectivity index (χ3n) is 2.57. The average molecular weight is 222 g/mol. The summed E-state index contributed by atoms with van der Waals surface area (Å²) in [5.41, 5.74) is 1.05. The first-order chi connectivity index (χ1) is 7.65. The molecule has 1 heterocycles. The Morgan fingerprint density at radius 3 is 2.56 bits per heavy atom. The molecule has 1 rings (SSSR count). The highest BCUT2D eigenvalue weighted by Crippen LogP contribution is 2.13. The number of nitrogens with zero attached hydrogens (tertiary/aromatic N) is 3. The third kappa shape index (κ3) is 3.77. The minimum absolute atomic E-state index is 0.441. The molecule has 0 spiro atoms. The predicted molar refractivity (Wildman–Crippen MR) is 67.9 cm³/mol. The molecule has 1 N–H and O–H groups in total. The van der Waals surface area contributed by atoms with E-state index in [9.17, 15) is 0 Å². The zero-order valence-corrected chi connectivity index (χ0v) is 10.7. The van der Waals surface area contributed by atoms with Gasteiger partial charge in [0.15, 0.2) is 5.82 Å². The summed E-state index contributed by atoms with van der Waals surface area (Å²) in [6.07, 6.45) is 1.11. The molecule has 0 bridgehead atoms. The molecule has 0 amide bonds. The van der Waals surface area contributed by atoms with E-state index in [-0.39, 0.29) is 0 Å². The quantitative estimate of drug-likeness (QED) is 0.743. The van der Waals surface area contributed by atoms with Crippen LogP contribution in [0.5, 0.6) is 0 Å². The average Bonchev–Trinajstić information content (AvgIpc) is 2.29. The normalized spacial score (nSPS) is 10.8. The number of hydrogen-bond donors (Lipinski definition) is 1. The Kier molecular flexibility index (Phi) is 5.19. The fraction of sp³-hybridized carbons (Fsp3) is 0.667. The molecule has 4 heteroatoms. The number of hydrogen-bond acceptors (Lipinski definition) is 4. The van der Waals surface area contributed by atoms with Gasteiger partial charge in [-0.1, -0.05) is 13.8 Å². The molecule has 0 aliphatic heterocycles. The Bertz CT molecular complexity index is 294. The first-order valence-electron chi connectivity index (χ1n) is 5.84. The second-order valence-corrected chi connectivity index (χ2v) is 4.35. The summed E-state index contributed by atoms with van der Waals surface area (Å²) < 4.78 is 0. The van der Waals surface area contributed by atoms with Gasteiger partial charge in [-0.15, -0.1) is 5.10 Å². The van der Waals surface area contributed by atoms with Crippen molar-refractivity contribution in [2.75, 3.05) is 32.1 Å². The minimum atomic E-state index is 0.441. The molecule has 4 nitrogen and oxygen atoms in total. The van der Waals surface area contributed by atoms with Gasteiger partial charge in [-0.05, 0) is 38.1 Å². The van der Waals surface area contributed by atoms with Crippen LogP contribution in [0.3, 0.4) is 0 Å².